The van der Waals surface area contributed by atoms with E-state index in [1.807, 2.05) is 0 Å². The van der Waals surface area contributed by atoms with Crippen LogP contribution in [0.5, 0.6) is 0 Å². The van der Waals surface area contributed by atoms with E-state index in [0.717, 1.165) is 18.8 Å². The van der Waals surface area contributed by atoms with Gasteiger partial charge in [0.1, 0.15) is 0 Å². The quantitative estimate of drug-likeness (QED) is 0.530. The molecule has 3 aliphatic carbocycles. The predicted octanol–water partition coefficient (Wildman–Crippen LogP) is 0.867. The Balaban J connectivity index is 1.84. The Bertz CT molecular complexity index is 757. The van der Waals surface area contributed by atoms with Crippen molar-refractivity contribution in [2.24, 2.45) is 23.7 Å². The molecule has 3 fully saturated rings. The first-order valence-corrected chi connectivity index (χ1v) is 14.8. The first kappa shape index (κ1) is 22.4. The van der Waals surface area contributed by atoms with E-state index in [2.05, 4.69) is 0 Å². The molecule has 9 nitrogen and oxygen atoms in total. The summed E-state index contributed by atoms with van der Waals surface area (Å²) < 4.78 is 85.4. The Kier molecular flexibility index (Phi) is 6.22. The monoisotopic (exact) mass is 460 g/mol. The van der Waals surface area contributed by atoms with Gasteiger partial charge in [0.15, 0.2) is 0 Å². The van der Waals surface area contributed by atoms with Crippen molar-refractivity contribution in [2.75, 3.05) is 18.8 Å². The summed E-state index contributed by atoms with van der Waals surface area (Å²) in [5.74, 6) is 0.457. The maximum Gasteiger partial charge on any atom is 0.264 e. The number of hydrogen-bond acceptors (Lipinski definition) is 9. The third-order valence-corrected chi connectivity index (χ3v) is 7.82. The van der Waals surface area contributed by atoms with Crippen molar-refractivity contribution in [3.8, 4) is 0 Å². The Hall–Kier alpha value is -0.270. The van der Waals surface area contributed by atoms with Crippen LogP contribution in [0.15, 0.2) is 0 Å². The van der Waals surface area contributed by atoms with E-state index in [4.69, 9.17) is 12.5 Å². The number of hydrogen-bond donors (Lipinski definition) is 0. The second-order valence-electron chi connectivity index (χ2n) is 8.54. The molecule has 0 aromatic carbocycles. The van der Waals surface area contributed by atoms with Gasteiger partial charge in [-0.2, -0.15) is 25.3 Å². The van der Waals surface area contributed by atoms with Crippen LogP contribution >= 0.6 is 0 Å². The summed E-state index contributed by atoms with van der Waals surface area (Å²) in [6.45, 7) is 0. The maximum atomic E-state index is 11.6. The number of rotatable bonds is 6. The highest BCUT2D eigenvalue weighted by atomic mass is 32.2. The molecule has 3 saturated carbocycles. The molecule has 0 aliphatic heterocycles. The first-order valence-electron chi connectivity index (χ1n) is 9.33. The molecule has 0 spiro atoms. The van der Waals surface area contributed by atoms with Crippen LogP contribution in [-0.4, -0.2) is 62.3 Å². The topological polar surface area (TPSA) is 130 Å². The fourth-order valence-electron chi connectivity index (χ4n) is 5.68. The van der Waals surface area contributed by atoms with Gasteiger partial charge in [-0.05, 0) is 62.2 Å². The van der Waals surface area contributed by atoms with Crippen molar-refractivity contribution < 1.29 is 37.8 Å². The predicted molar refractivity (Wildman–Crippen MR) is 101 cm³/mol. The van der Waals surface area contributed by atoms with Gasteiger partial charge in [-0.1, -0.05) is 0 Å². The normalized spacial score (nSPS) is 39.3. The minimum Gasteiger partial charge on any atom is -0.267 e. The highest BCUT2D eigenvalue weighted by Crippen LogP contribution is 2.54. The van der Waals surface area contributed by atoms with Crippen molar-refractivity contribution in [2.45, 2.75) is 56.8 Å². The zero-order valence-corrected chi connectivity index (χ0v) is 18.6. The minimum atomic E-state index is -3.63. The van der Waals surface area contributed by atoms with Crippen molar-refractivity contribution in [1.29, 1.82) is 0 Å². The van der Waals surface area contributed by atoms with E-state index in [-0.39, 0.29) is 23.7 Å². The lowest BCUT2D eigenvalue weighted by Gasteiger charge is -2.53. The van der Waals surface area contributed by atoms with Crippen molar-refractivity contribution in [3.05, 3.63) is 0 Å². The van der Waals surface area contributed by atoms with Gasteiger partial charge in [0.2, 0.25) is 0 Å². The molecule has 0 heterocycles. The van der Waals surface area contributed by atoms with E-state index in [0.29, 0.717) is 38.5 Å². The molecule has 0 aromatic rings. The van der Waals surface area contributed by atoms with Gasteiger partial charge in [0.05, 0.1) is 37.1 Å². The Morgan fingerprint density at radius 2 is 0.714 bits per heavy atom. The minimum absolute atomic E-state index is 0.0650. The van der Waals surface area contributed by atoms with Crippen LogP contribution in [0, 0.1) is 23.7 Å². The lowest BCUT2D eigenvalue weighted by atomic mass is 9.55. The second kappa shape index (κ2) is 7.77. The van der Waals surface area contributed by atoms with Crippen LogP contribution in [-0.2, 0) is 42.9 Å². The summed E-state index contributed by atoms with van der Waals surface area (Å²) >= 11 is 0. The molecule has 28 heavy (non-hydrogen) atoms. The average molecular weight is 461 g/mol. The van der Waals surface area contributed by atoms with Crippen LogP contribution in [0.1, 0.15) is 38.5 Å². The van der Waals surface area contributed by atoms with Crippen LogP contribution in [0.4, 0.5) is 0 Å². The van der Waals surface area contributed by atoms with Gasteiger partial charge < -0.3 is 0 Å². The highest BCUT2D eigenvalue weighted by molar-refractivity contribution is 7.86. The van der Waals surface area contributed by atoms with Gasteiger partial charge in [-0.3, -0.25) is 12.5 Å². The summed E-state index contributed by atoms with van der Waals surface area (Å²) in [6.07, 6.45) is 4.63. The third kappa shape index (κ3) is 6.11. The molecule has 0 saturated heterocycles. The summed E-state index contributed by atoms with van der Waals surface area (Å²) in [5, 5.41) is 0. The van der Waals surface area contributed by atoms with E-state index in [1.165, 1.54) is 0 Å². The molecule has 0 bridgehead atoms. The molecule has 164 valence electrons. The Morgan fingerprint density at radius 1 is 0.500 bits per heavy atom. The Morgan fingerprint density at radius 3 is 0.893 bits per heavy atom. The lowest BCUT2D eigenvalue weighted by molar-refractivity contribution is -0.0881. The van der Waals surface area contributed by atoms with E-state index in [1.54, 1.807) is 0 Å². The summed E-state index contributed by atoms with van der Waals surface area (Å²) in [7, 11) is -10.9. The van der Waals surface area contributed by atoms with Crippen molar-refractivity contribution >= 4 is 30.4 Å². The molecule has 0 atom stereocenters. The van der Waals surface area contributed by atoms with Crippen LogP contribution in [0.3, 0.4) is 0 Å². The maximum absolute atomic E-state index is 11.6. The summed E-state index contributed by atoms with van der Waals surface area (Å²) in [5.41, 5.74) is 0. The second-order valence-corrected chi connectivity index (χ2v) is 13.3. The fraction of sp³-hybridized carbons (Fsp3) is 1.00. The molecule has 3 rings (SSSR count). The third-order valence-electron chi connectivity index (χ3n) is 5.96. The fourth-order valence-corrected chi connectivity index (χ4v) is 7.63. The molecule has 0 unspecified atom stereocenters. The average Bonchev–Trinajstić information content (AvgIpc) is 2.40. The molecule has 0 amide bonds. The smallest absolute Gasteiger partial charge is 0.264 e. The zero-order valence-electron chi connectivity index (χ0n) is 16.2. The lowest BCUT2D eigenvalue weighted by Crippen LogP contribution is -2.51. The van der Waals surface area contributed by atoms with Gasteiger partial charge in [-0.15, -0.1) is 0 Å². The van der Waals surface area contributed by atoms with E-state index >= 15 is 0 Å². The van der Waals surface area contributed by atoms with Crippen LogP contribution in [0.2, 0.25) is 0 Å². The molecule has 3 aliphatic rings. The summed E-state index contributed by atoms with van der Waals surface area (Å²) in [6, 6.07) is 0. The van der Waals surface area contributed by atoms with Gasteiger partial charge in [0, 0.05) is 0 Å². The van der Waals surface area contributed by atoms with Gasteiger partial charge in [0.25, 0.3) is 30.4 Å². The summed E-state index contributed by atoms with van der Waals surface area (Å²) in [4.78, 5) is 0. The van der Waals surface area contributed by atoms with Crippen LogP contribution < -0.4 is 0 Å². The highest BCUT2D eigenvalue weighted by Gasteiger charge is 2.51. The molecule has 0 aromatic heterocycles. The largest absolute Gasteiger partial charge is 0.267 e. The van der Waals surface area contributed by atoms with Gasteiger partial charge >= 0.3 is 0 Å². The van der Waals surface area contributed by atoms with Crippen molar-refractivity contribution in [3.63, 3.8) is 0 Å². The standard InChI is InChI=1S/C16H28O9S3/c1-26(17,18)23-13-4-10-6-14(24-27(2,19)20)8-12-9-15(25-28(3,21)22)7-11(5-13)16(10)12/h10-16H,4-9H2,1-3H3. The van der Waals surface area contributed by atoms with Crippen molar-refractivity contribution in [1.82, 2.24) is 0 Å². The van der Waals surface area contributed by atoms with E-state index in [9.17, 15) is 25.3 Å². The molecule has 12 heteroatoms. The SMILES string of the molecule is CS(=O)(=O)OC1CC2CC(OS(C)(=O)=O)CC3CC(OS(C)(=O)=O)CC(C1)C23. The first-order chi connectivity index (χ1) is 12.7. The molecule has 0 N–H and O–H groups in total. The Labute approximate surface area is 167 Å². The molecular weight excluding hydrogens is 432 g/mol. The van der Waals surface area contributed by atoms with E-state index < -0.39 is 48.7 Å². The van der Waals surface area contributed by atoms with Gasteiger partial charge in [-0.25, -0.2) is 0 Å². The molecular formula is C16H28O9S3. The zero-order chi connectivity index (χ0) is 20.9. The van der Waals surface area contributed by atoms with Crippen LogP contribution in [0.25, 0.3) is 0 Å². The molecule has 0 radical (unpaired) electrons.